The number of alkyl halides is 1. The second-order valence-corrected chi connectivity index (χ2v) is 3.93. The van der Waals surface area contributed by atoms with Gasteiger partial charge in [0.05, 0.1) is 13.2 Å². The number of aliphatic hydroxyl groups excluding tert-OH is 2. The Morgan fingerprint density at radius 2 is 2.19 bits per heavy atom. The highest BCUT2D eigenvalue weighted by molar-refractivity contribution is 9.09. The molecule has 0 saturated carbocycles. The van der Waals surface area contributed by atoms with Gasteiger partial charge in [-0.1, -0.05) is 15.9 Å². The van der Waals surface area contributed by atoms with E-state index in [0.29, 0.717) is 23.2 Å². The maximum atomic E-state index is 10.8. The van der Waals surface area contributed by atoms with Gasteiger partial charge in [0.25, 0.3) is 0 Å². The number of ether oxygens (including phenoxy) is 1. The Kier molecular flexibility index (Phi) is 4.92. The minimum Gasteiger partial charge on any atom is -0.497 e. The van der Waals surface area contributed by atoms with Crippen LogP contribution in [0.15, 0.2) is 18.2 Å². The van der Waals surface area contributed by atoms with Crippen LogP contribution in [0.25, 0.3) is 0 Å². The summed E-state index contributed by atoms with van der Waals surface area (Å²) >= 11 is 3.07. The first kappa shape index (κ1) is 13.2. The molecular formula is C11H13BrO4. The lowest BCUT2D eigenvalue weighted by molar-refractivity contribution is 0.0337. The van der Waals surface area contributed by atoms with E-state index in [-0.39, 0.29) is 5.33 Å². The molecule has 2 N–H and O–H groups in total. The zero-order chi connectivity index (χ0) is 12.1. The number of aliphatic hydroxyl groups is 2. The Labute approximate surface area is 102 Å². The number of carbonyl (C=O) groups excluding carboxylic acids is 1. The Balaban J connectivity index is 3.12. The minimum atomic E-state index is -1.12. The van der Waals surface area contributed by atoms with Crippen LogP contribution in [-0.4, -0.2) is 35.0 Å². The third kappa shape index (κ3) is 2.81. The van der Waals surface area contributed by atoms with Crippen molar-refractivity contribution in [2.45, 2.75) is 12.2 Å². The second-order valence-electron chi connectivity index (χ2n) is 3.28. The average molecular weight is 289 g/mol. The highest BCUT2D eigenvalue weighted by atomic mass is 79.9. The second kappa shape index (κ2) is 5.98. The predicted molar refractivity (Wildman–Crippen MR) is 63.1 cm³/mol. The van der Waals surface area contributed by atoms with Crippen LogP contribution in [0.2, 0.25) is 0 Å². The summed E-state index contributed by atoms with van der Waals surface area (Å²) in [6.07, 6.45) is -1.45. The molecule has 1 aromatic carbocycles. The van der Waals surface area contributed by atoms with E-state index >= 15 is 0 Å². The van der Waals surface area contributed by atoms with E-state index in [0.717, 1.165) is 0 Å². The van der Waals surface area contributed by atoms with Crippen molar-refractivity contribution < 1.29 is 19.7 Å². The average Bonchev–Trinajstić information content (AvgIpc) is 2.35. The van der Waals surface area contributed by atoms with Crippen LogP contribution < -0.4 is 4.74 Å². The molecule has 0 aliphatic heterocycles. The largest absolute Gasteiger partial charge is 0.497 e. The molecule has 0 amide bonds. The highest BCUT2D eigenvalue weighted by Crippen LogP contribution is 2.25. The number of methoxy groups -OCH3 is 1. The summed E-state index contributed by atoms with van der Waals surface area (Å²) in [5.41, 5.74) is 0.703. The number of halogens is 1. The molecule has 4 nitrogen and oxygen atoms in total. The molecule has 5 heteroatoms. The lowest BCUT2D eigenvalue weighted by Crippen LogP contribution is -2.20. The zero-order valence-electron chi connectivity index (χ0n) is 8.76. The summed E-state index contributed by atoms with van der Waals surface area (Å²) in [7, 11) is 1.49. The number of hydrogen-bond donors (Lipinski definition) is 2. The topological polar surface area (TPSA) is 66.8 Å². The number of benzene rings is 1. The molecule has 0 bridgehead atoms. The summed E-state index contributed by atoms with van der Waals surface area (Å²) in [5, 5.41) is 19.6. The van der Waals surface area contributed by atoms with E-state index in [2.05, 4.69) is 15.9 Å². The monoisotopic (exact) mass is 288 g/mol. The van der Waals surface area contributed by atoms with Crippen LogP contribution in [0.5, 0.6) is 5.75 Å². The van der Waals surface area contributed by atoms with Crippen molar-refractivity contribution in [3.63, 3.8) is 0 Å². The van der Waals surface area contributed by atoms with Gasteiger partial charge in [-0.2, -0.15) is 0 Å². The molecular weight excluding hydrogens is 276 g/mol. The maximum Gasteiger partial charge on any atom is 0.150 e. The van der Waals surface area contributed by atoms with Gasteiger partial charge < -0.3 is 14.9 Å². The normalized spacial score (nSPS) is 14.2. The Morgan fingerprint density at radius 3 is 2.69 bits per heavy atom. The number of hydrogen-bond acceptors (Lipinski definition) is 4. The molecule has 0 aliphatic carbocycles. The molecule has 16 heavy (non-hydrogen) atoms. The van der Waals surface area contributed by atoms with Crippen LogP contribution in [0, 0.1) is 0 Å². The van der Waals surface area contributed by atoms with E-state index < -0.39 is 12.2 Å². The van der Waals surface area contributed by atoms with Gasteiger partial charge in [0.1, 0.15) is 18.1 Å². The highest BCUT2D eigenvalue weighted by Gasteiger charge is 2.20. The van der Waals surface area contributed by atoms with Gasteiger partial charge in [-0.15, -0.1) is 0 Å². The van der Waals surface area contributed by atoms with Gasteiger partial charge >= 0.3 is 0 Å². The molecule has 0 aliphatic rings. The number of aldehydes is 1. The molecule has 1 rings (SSSR count). The van der Waals surface area contributed by atoms with Gasteiger partial charge in [0, 0.05) is 10.9 Å². The van der Waals surface area contributed by atoms with E-state index in [9.17, 15) is 15.0 Å². The van der Waals surface area contributed by atoms with Crippen LogP contribution >= 0.6 is 15.9 Å². The fraction of sp³-hybridized carbons (Fsp3) is 0.364. The van der Waals surface area contributed by atoms with E-state index in [4.69, 9.17) is 4.74 Å². The fourth-order valence-electron chi connectivity index (χ4n) is 1.33. The summed E-state index contributed by atoms with van der Waals surface area (Å²) < 4.78 is 5.00. The molecule has 0 aromatic heterocycles. The third-order valence-electron chi connectivity index (χ3n) is 2.26. The Bertz CT molecular complexity index is 367. The van der Waals surface area contributed by atoms with Crippen LogP contribution in [0.4, 0.5) is 0 Å². The quantitative estimate of drug-likeness (QED) is 0.633. The molecule has 0 heterocycles. The number of rotatable bonds is 5. The van der Waals surface area contributed by atoms with Crippen LogP contribution in [0.1, 0.15) is 22.0 Å². The van der Waals surface area contributed by atoms with Gasteiger partial charge in [-0.25, -0.2) is 0 Å². The molecule has 88 valence electrons. The number of carbonyl (C=O) groups is 1. The molecule has 2 atom stereocenters. The summed E-state index contributed by atoms with van der Waals surface area (Å²) in [6, 6.07) is 4.71. The van der Waals surface area contributed by atoms with E-state index in [1.165, 1.54) is 7.11 Å². The molecule has 0 spiro atoms. The van der Waals surface area contributed by atoms with Crippen molar-refractivity contribution >= 4 is 22.2 Å². The van der Waals surface area contributed by atoms with Gasteiger partial charge in [-0.05, 0) is 23.8 Å². The lowest BCUT2D eigenvalue weighted by atomic mass is 9.99. The van der Waals surface area contributed by atoms with Crippen molar-refractivity contribution in [2.75, 3.05) is 12.4 Å². The minimum absolute atomic E-state index is 0.226. The first-order valence-electron chi connectivity index (χ1n) is 4.69. The van der Waals surface area contributed by atoms with Crippen molar-refractivity contribution in [1.82, 2.24) is 0 Å². The molecule has 0 fully saturated rings. The molecule has 0 radical (unpaired) electrons. The van der Waals surface area contributed by atoms with Crippen molar-refractivity contribution in [3.8, 4) is 5.75 Å². The molecule has 1 aromatic rings. The van der Waals surface area contributed by atoms with Crippen molar-refractivity contribution in [2.24, 2.45) is 0 Å². The first-order valence-corrected chi connectivity index (χ1v) is 5.81. The molecule has 2 unspecified atom stereocenters. The first-order chi connectivity index (χ1) is 7.63. The standard InChI is InChI=1S/C11H13BrO4/c1-16-8-3-2-7(6-13)9(4-8)11(15)10(14)5-12/h2-4,6,10-11,14-15H,5H2,1H3. The maximum absolute atomic E-state index is 10.8. The van der Waals surface area contributed by atoms with E-state index in [1.54, 1.807) is 18.2 Å². The summed E-state index contributed by atoms with van der Waals surface area (Å²) in [6.45, 7) is 0. The SMILES string of the molecule is COc1ccc(C=O)c(C(O)C(O)CBr)c1. The zero-order valence-corrected chi connectivity index (χ0v) is 10.3. The molecule has 0 saturated heterocycles. The van der Waals surface area contributed by atoms with Crippen LogP contribution in [0.3, 0.4) is 0 Å². The fourth-order valence-corrected chi connectivity index (χ4v) is 1.69. The van der Waals surface area contributed by atoms with Gasteiger partial charge in [0.2, 0.25) is 0 Å². The lowest BCUT2D eigenvalue weighted by Gasteiger charge is -2.18. The summed E-state index contributed by atoms with van der Waals surface area (Å²) in [5.74, 6) is 0.529. The Morgan fingerprint density at radius 1 is 1.50 bits per heavy atom. The van der Waals surface area contributed by atoms with Crippen LogP contribution in [-0.2, 0) is 0 Å². The third-order valence-corrected chi connectivity index (χ3v) is 2.93. The Hall–Kier alpha value is -0.910. The van der Waals surface area contributed by atoms with E-state index in [1.807, 2.05) is 0 Å². The summed E-state index contributed by atoms with van der Waals surface area (Å²) in [4.78, 5) is 10.8. The smallest absolute Gasteiger partial charge is 0.150 e. The van der Waals surface area contributed by atoms with Gasteiger partial charge in [-0.3, -0.25) is 4.79 Å². The van der Waals surface area contributed by atoms with Gasteiger partial charge in [0.15, 0.2) is 0 Å². The van der Waals surface area contributed by atoms with Crippen molar-refractivity contribution in [1.29, 1.82) is 0 Å². The van der Waals surface area contributed by atoms with Crippen molar-refractivity contribution in [3.05, 3.63) is 29.3 Å². The predicted octanol–water partition coefficient (Wildman–Crippen LogP) is 1.30.